The smallest absolute Gasteiger partial charge is 0.387 e. The van der Waals surface area contributed by atoms with Crippen LogP contribution in [-0.2, 0) is 6.54 Å². The Balaban J connectivity index is 2.07. The van der Waals surface area contributed by atoms with Gasteiger partial charge >= 0.3 is 6.61 Å². The van der Waals surface area contributed by atoms with E-state index in [-0.39, 0.29) is 36.0 Å². The molecule has 0 radical (unpaired) electrons. The Bertz CT molecular complexity index is 690. The molecule has 0 aliphatic rings. The Morgan fingerprint density at radius 3 is 2.46 bits per heavy atom. The van der Waals surface area contributed by atoms with Crippen molar-refractivity contribution in [2.75, 3.05) is 6.61 Å². The number of amides is 1. The number of alkyl halides is 2. The number of halogens is 3. The quantitative estimate of drug-likeness (QED) is 0.836. The largest absolute Gasteiger partial charge is 0.490 e. The molecule has 0 heterocycles. The van der Waals surface area contributed by atoms with Crippen molar-refractivity contribution in [3.63, 3.8) is 0 Å². The van der Waals surface area contributed by atoms with E-state index in [0.717, 1.165) is 5.56 Å². The topological polar surface area (TPSA) is 47.6 Å². The molecule has 24 heavy (non-hydrogen) atoms. The second kappa shape index (κ2) is 8.24. The molecule has 128 valence electrons. The van der Waals surface area contributed by atoms with Crippen LogP contribution < -0.4 is 14.8 Å². The fraction of sp³-hybridized carbons (Fsp3) is 0.235. The number of nitrogens with one attached hydrogen (secondary N) is 1. The fourth-order valence-corrected chi connectivity index (χ4v) is 2.00. The molecular formula is C17H16F3NO3. The maximum Gasteiger partial charge on any atom is 0.387 e. The van der Waals surface area contributed by atoms with Crippen molar-refractivity contribution in [3.05, 3.63) is 59.4 Å². The monoisotopic (exact) mass is 339 g/mol. The van der Waals surface area contributed by atoms with Gasteiger partial charge in [-0.2, -0.15) is 8.78 Å². The van der Waals surface area contributed by atoms with E-state index in [9.17, 15) is 18.0 Å². The highest BCUT2D eigenvalue weighted by Crippen LogP contribution is 2.29. The zero-order chi connectivity index (χ0) is 17.5. The molecule has 1 amide bonds. The second-order valence-corrected chi connectivity index (χ2v) is 4.78. The minimum atomic E-state index is -2.98. The van der Waals surface area contributed by atoms with Crippen LogP contribution in [0.15, 0.2) is 42.5 Å². The summed E-state index contributed by atoms with van der Waals surface area (Å²) in [5.74, 6) is -0.848. The lowest BCUT2D eigenvalue weighted by Crippen LogP contribution is -2.22. The molecule has 0 saturated heterocycles. The number of hydrogen-bond donors (Lipinski definition) is 1. The number of rotatable bonds is 7. The van der Waals surface area contributed by atoms with Gasteiger partial charge in [-0.05, 0) is 42.8 Å². The molecule has 0 bridgehead atoms. The Morgan fingerprint density at radius 1 is 1.12 bits per heavy atom. The average Bonchev–Trinajstić information content (AvgIpc) is 2.55. The highest BCUT2D eigenvalue weighted by molar-refractivity contribution is 5.94. The summed E-state index contributed by atoms with van der Waals surface area (Å²) in [6.07, 6.45) is 0. The fourth-order valence-electron chi connectivity index (χ4n) is 2.00. The minimum absolute atomic E-state index is 0.0623. The predicted molar refractivity (Wildman–Crippen MR) is 81.8 cm³/mol. The zero-order valence-corrected chi connectivity index (χ0v) is 12.9. The normalized spacial score (nSPS) is 10.5. The van der Waals surface area contributed by atoms with Crippen LogP contribution in [-0.4, -0.2) is 19.1 Å². The Hall–Kier alpha value is -2.70. The summed E-state index contributed by atoms with van der Waals surface area (Å²) in [5.41, 5.74) is 0.967. The first kappa shape index (κ1) is 17.7. The highest BCUT2D eigenvalue weighted by atomic mass is 19.3. The van der Waals surface area contributed by atoms with E-state index < -0.39 is 12.5 Å². The summed E-state index contributed by atoms with van der Waals surface area (Å²) in [7, 11) is 0. The van der Waals surface area contributed by atoms with Gasteiger partial charge in [0.05, 0.1) is 6.61 Å². The second-order valence-electron chi connectivity index (χ2n) is 4.78. The third-order valence-electron chi connectivity index (χ3n) is 3.09. The summed E-state index contributed by atoms with van der Waals surface area (Å²) in [6.45, 7) is -0.853. The van der Waals surface area contributed by atoms with E-state index in [1.165, 1.54) is 30.3 Å². The molecule has 0 spiro atoms. The van der Waals surface area contributed by atoms with Gasteiger partial charge in [0.1, 0.15) is 5.82 Å². The average molecular weight is 339 g/mol. The van der Waals surface area contributed by atoms with Gasteiger partial charge in [0.2, 0.25) is 0 Å². The molecule has 0 fully saturated rings. The number of ether oxygens (including phenoxy) is 2. The number of carbonyl (C=O) groups excluding carboxylic acids is 1. The molecule has 2 aromatic rings. The molecule has 4 nitrogen and oxygen atoms in total. The van der Waals surface area contributed by atoms with E-state index in [0.29, 0.717) is 0 Å². The van der Waals surface area contributed by atoms with E-state index in [2.05, 4.69) is 10.1 Å². The molecule has 7 heteroatoms. The summed E-state index contributed by atoms with van der Waals surface area (Å²) < 4.78 is 47.1. The lowest BCUT2D eigenvalue weighted by atomic mass is 10.1. The lowest BCUT2D eigenvalue weighted by Gasteiger charge is -2.13. The summed E-state index contributed by atoms with van der Waals surface area (Å²) in [5, 5.41) is 2.66. The Morgan fingerprint density at radius 2 is 1.83 bits per heavy atom. The van der Waals surface area contributed by atoms with Gasteiger partial charge in [0, 0.05) is 12.1 Å². The molecule has 2 rings (SSSR count). The van der Waals surface area contributed by atoms with Gasteiger partial charge in [0.15, 0.2) is 11.5 Å². The summed E-state index contributed by atoms with van der Waals surface area (Å²) >= 11 is 0. The number of hydrogen-bond acceptors (Lipinski definition) is 3. The van der Waals surface area contributed by atoms with Crippen LogP contribution in [0.3, 0.4) is 0 Å². The van der Waals surface area contributed by atoms with Gasteiger partial charge < -0.3 is 14.8 Å². The standard InChI is InChI=1S/C17H16F3NO3/c1-2-23-15-9-12(5-8-14(15)24-17(19)20)16(22)21-10-11-3-6-13(18)7-4-11/h3-9,17H,2,10H2,1H3,(H,21,22). The first-order valence-electron chi connectivity index (χ1n) is 7.24. The molecule has 0 saturated carbocycles. The van der Waals surface area contributed by atoms with Crippen molar-refractivity contribution in [3.8, 4) is 11.5 Å². The van der Waals surface area contributed by atoms with Crippen LogP contribution in [0.4, 0.5) is 13.2 Å². The van der Waals surface area contributed by atoms with Crippen LogP contribution in [0.25, 0.3) is 0 Å². The molecule has 0 aliphatic carbocycles. The van der Waals surface area contributed by atoms with Gasteiger partial charge in [-0.25, -0.2) is 4.39 Å². The Labute approximate surface area is 137 Å². The summed E-state index contributed by atoms with van der Waals surface area (Å²) in [4.78, 5) is 12.1. The molecule has 0 atom stereocenters. The summed E-state index contributed by atoms with van der Waals surface area (Å²) in [6, 6.07) is 9.66. The van der Waals surface area contributed by atoms with Gasteiger partial charge in [-0.15, -0.1) is 0 Å². The third-order valence-corrected chi connectivity index (χ3v) is 3.09. The number of carbonyl (C=O) groups is 1. The van der Waals surface area contributed by atoms with Gasteiger partial charge in [-0.3, -0.25) is 4.79 Å². The van der Waals surface area contributed by atoms with Crippen molar-refractivity contribution in [1.82, 2.24) is 5.32 Å². The van der Waals surface area contributed by atoms with Gasteiger partial charge in [0.25, 0.3) is 5.91 Å². The van der Waals surface area contributed by atoms with Crippen LogP contribution in [0.2, 0.25) is 0 Å². The Kier molecular flexibility index (Phi) is 6.06. The van der Waals surface area contributed by atoms with Crippen LogP contribution >= 0.6 is 0 Å². The molecular weight excluding hydrogens is 323 g/mol. The third kappa shape index (κ3) is 4.91. The van der Waals surface area contributed by atoms with Crippen LogP contribution in [0, 0.1) is 5.82 Å². The molecule has 1 N–H and O–H groups in total. The van der Waals surface area contributed by atoms with Crippen molar-refractivity contribution >= 4 is 5.91 Å². The molecule has 0 unspecified atom stereocenters. The van der Waals surface area contributed by atoms with Crippen LogP contribution in [0.1, 0.15) is 22.8 Å². The predicted octanol–water partition coefficient (Wildman–Crippen LogP) is 3.76. The number of benzene rings is 2. The van der Waals surface area contributed by atoms with Crippen molar-refractivity contribution in [2.24, 2.45) is 0 Å². The molecule has 2 aromatic carbocycles. The maximum atomic E-state index is 12.8. The first-order chi connectivity index (χ1) is 11.5. The van der Waals surface area contributed by atoms with Crippen molar-refractivity contribution in [2.45, 2.75) is 20.1 Å². The highest BCUT2D eigenvalue weighted by Gasteiger charge is 2.14. The minimum Gasteiger partial charge on any atom is -0.490 e. The zero-order valence-electron chi connectivity index (χ0n) is 12.9. The van der Waals surface area contributed by atoms with E-state index in [1.54, 1.807) is 19.1 Å². The maximum absolute atomic E-state index is 12.8. The first-order valence-corrected chi connectivity index (χ1v) is 7.24. The molecule has 0 aliphatic heterocycles. The van der Waals surface area contributed by atoms with Crippen molar-refractivity contribution in [1.29, 1.82) is 0 Å². The van der Waals surface area contributed by atoms with E-state index >= 15 is 0 Å². The van der Waals surface area contributed by atoms with Gasteiger partial charge in [-0.1, -0.05) is 12.1 Å². The van der Waals surface area contributed by atoms with Crippen molar-refractivity contribution < 1.29 is 27.4 Å². The molecule has 0 aromatic heterocycles. The van der Waals surface area contributed by atoms with Crippen LogP contribution in [0.5, 0.6) is 11.5 Å². The lowest BCUT2D eigenvalue weighted by molar-refractivity contribution is -0.0514. The van der Waals surface area contributed by atoms with E-state index in [1.807, 2.05) is 0 Å². The van der Waals surface area contributed by atoms with E-state index in [4.69, 9.17) is 4.74 Å². The SMILES string of the molecule is CCOc1cc(C(=O)NCc2ccc(F)cc2)ccc1OC(F)F.